The maximum atomic E-state index is 11.8. The summed E-state index contributed by atoms with van der Waals surface area (Å²) in [4.78, 5) is 14.0. The van der Waals surface area contributed by atoms with Crippen LogP contribution in [0.5, 0.6) is 0 Å². The van der Waals surface area contributed by atoms with Gasteiger partial charge in [-0.05, 0) is 33.2 Å². The van der Waals surface area contributed by atoms with Gasteiger partial charge in [0.25, 0.3) is 0 Å². The van der Waals surface area contributed by atoms with Crippen molar-refractivity contribution in [1.29, 1.82) is 5.26 Å². The Hall–Kier alpha value is -1.12. The molecule has 21 heavy (non-hydrogen) atoms. The quantitative estimate of drug-likeness (QED) is 0.757. The van der Waals surface area contributed by atoms with Crippen molar-refractivity contribution in [1.82, 2.24) is 10.2 Å². The summed E-state index contributed by atoms with van der Waals surface area (Å²) in [7, 11) is 2.02. The molecule has 0 heterocycles. The molecule has 0 aromatic rings. The number of hydrogen-bond acceptors (Lipinski definition) is 4. The molecule has 2 atom stereocenters. The summed E-state index contributed by atoms with van der Waals surface area (Å²) in [6, 6.07) is 2.37. The van der Waals surface area contributed by atoms with Crippen LogP contribution in [0, 0.1) is 16.7 Å². The zero-order valence-electron chi connectivity index (χ0n) is 13.2. The normalized spacial score (nSPS) is 27.1. The van der Waals surface area contributed by atoms with E-state index in [-0.39, 0.29) is 17.9 Å². The molecule has 2 fully saturated rings. The van der Waals surface area contributed by atoms with Crippen LogP contribution in [0.15, 0.2) is 0 Å². The van der Waals surface area contributed by atoms with Gasteiger partial charge in [-0.2, -0.15) is 5.26 Å². The van der Waals surface area contributed by atoms with Crippen LogP contribution < -0.4 is 5.32 Å². The number of amides is 1. The molecule has 2 unspecified atom stereocenters. The number of nitriles is 1. The van der Waals surface area contributed by atoms with Crippen LogP contribution in [-0.2, 0) is 9.53 Å². The molecule has 1 N–H and O–H groups in total. The second kappa shape index (κ2) is 7.24. The average Bonchev–Trinajstić information content (AvgIpc) is 2.49. The van der Waals surface area contributed by atoms with E-state index in [0.29, 0.717) is 18.7 Å². The van der Waals surface area contributed by atoms with Crippen LogP contribution in [0.4, 0.5) is 0 Å². The Bertz CT molecular complexity index is 399. The van der Waals surface area contributed by atoms with Gasteiger partial charge in [0, 0.05) is 18.1 Å². The summed E-state index contributed by atoms with van der Waals surface area (Å²) >= 11 is 0. The van der Waals surface area contributed by atoms with E-state index in [1.807, 2.05) is 13.1 Å². The average molecular weight is 293 g/mol. The van der Waals surface area contributed by atoms with E-state index < -0.39 is 0 Å². The van der Waals surface area contributed by atoms with Crippen LogP contribution in [0.2, 0.25) is 0 Å². The Kier molecular flexibility index (Phi) is 5.60. The predicted octanol–water partition coefficient (Wildman–Crippen LogP) is 1.69. The lowest BCUT2D eigenvalue weighted by Crippen LogP contribution is -2.65. The van der Waals surface area contributed by atoms with Crippen LogP contribution in [-0.4, -0.2) is 49.7 Å². The van der Waals surface area contributed by atoms with Gasteiger partial charge < -0.3 is 10.1 Å². The second-order valence-electron chi connectivity index (χ2n) is 6.34. The van der Waals surface area contributed by atoms with Gasteiger partial charge in [-0.1, -0.05) is 19.3 Å². The first-order valence-corrected chi connectivity index (χ1v) is 8.09. The molecule has 5 nitrogen and oxygen atoms in total. The molecule has 0 aliphatic heterocycles. The molecule has 0 bridgehead atoms. The maximum Gasteiger partial charge on any atom is 0.235 e. The molecule has 2 aliphatic rings. The van der Waals surface area contributed by atoms with Crippen molar-refractivity contribution in [3.63, 3.8) is 0 Å². The van der Waals surface area contributed by atoms with E-state index in [2.05, 4.69) is 17.1 Å². The van der Waals surface area contributed by atoms with E-state index >= 15 is 0 Å². The first-order chi connectivity index (χ1) is 10.1. The summed E-state index contributed by atoms with van der Waals surface area (Å²) in [5, 5.41) is 11.1. The molecule has 0 saturated heterocycles. The lowest BCUT2D eigenvalue weighted by atomic mass is 9.54. The van der Waals surface area contributed by atoms with E-state index in [1.54, 1.807) is 0 Å². The zero-order chi connectivity index (χ0) is 15.3. The number of likely N-dealkylation sites (N-methyl/N-ethyl adjacent to an activating group) is 1. The second-order valence-corrected chi connectivity index (χ2v) is 6.34. The molecular formula is C16H27N3O2. The van der Waals surface area contributed by atoms with Crippen LogP contribution in [0.3, 0.4) is 0 Å². The predicted molar refractivity (Wildman–Crippen MR) is 80.6 cm³/mol. The molecule has 1 amide bonds. The number of carbonyl (C=O) groups is 1. The van der Waals surface area contributed by atoms with Crippen molar-refractivity contribution < 1.29 is 9.53 Å². The van der Waals surface area contributed by atoms with Crippen molar-refractivity contribution in [3.8, 4) is 6.07 Å². The number of nitrogens with one attached hydrogen (secondary N) is 1. The Balaban J connectivity index is 1.95. The van der Waals surface area contributed by atoms with E-state index in [9.17, 15) is 4.79 Å². The highest BCUT2D eigenvalue weighted by atomic mass is 16.5. The maximum absolute atomic E-state index is 11.8. The molecule has 0 aromatic heterocycles. The highest BCUT2D eigenvalue weighted by molar-refractivity contribution is 5.78. The molecule has 118 valence electrons. The third-order valence-electron chi connectivity index (χ3n) is 5.18. The largest absolute Gasteiger partial charge is 0.378 e. The fourth-order valence-corrected chi connectivity index (χ4v) is 4.18. The Morgan fingerprint density at radius 3 is 2.76 bits per heavy atom. The number of carbonyl (C=O) groups excluding carboxylic acids is 1. The van der Waals surface area contributed by atoms with Crippen LogP contribution in [0.1, 0.15) is 45.4 Å². The first-order valence-electron chi connectivity index (χ1n) is 8.09. The monoisotopic (exact) mass is 293 g/mol. The lowest BCUT2D eigenvalue weighted by molar-refractivity contribution is -0.179. The van der Waals surface area contributed by atoms with Crippen molar-refractivity contribution in [3.05, 3.63) is 0 Å². The number of hydrogen-bond donors (Lipinski definition) is 1. The summed E-state index contributed by atoms with van der Waals surface area (Å²) < 4.78 is 5.95. The summed E-state index contributed by atoms with van der Waals surface area (Å²) in [5.41, 5.74) is 0.249. The van der Waals surface area contributed by atoms with Gasteiger partial charge in [0.05, 0.1) is 18.7 Å². The van der Waals surface area contributed by atoms with Gasteiger partial charge in [0.1, 0.15) is 6.54 Å². The van der Waals surface area contributed by atoms with E-state index in [0.717, 1.165) is 13.0 Å². The van der Waals surface area contributed by atoms with Crippen LogP contribution >= 0.6 is 0 Å². The molecule has 2 saturated carbocycles. The van der Waals surface area contributed by atoms with Crippen molar-refractivity contribution in [2.75, 3.05) is 26.7 Å². The van der Waals surface area contributed by atoms with Gasteiger partial charge in [-0.15, -0.1) is 0 Å². The molecule has 0 radical (unpaired) electrons. The Morgan fingerprint density at radius 2 is 2.14 bits per heavy atom. The smallest absolute Gasteiger partial charge is 0.235 e. The fraction of sp³-hybridized carbons (Fsp3) is 0.875. The summed E-state index contributed by atoms with van der Waals surface area (Å²) in [6.45, 7) is 3.28. The van der Waals surface area contributed by atoms with Gasteiger partial charge in [0.2, 0.25) is 5.91 Å². The third kappa shape index (κ3) is 3.38. The molecule has 1 spiro atoms. The minimum atomic E-state index is -0.0649. The minimum absolute atomic E-state index is 0.0649. The van der Waals surface area contributed by atoms with Crippen molar-refractivity contribution in [2.24, 2.45) is 5.41 Å². The number of ether oxygens (including phenoxy) is 1. The standard InChI is InChI=1S/C16H27N3O2/c1-3-21-14-11-13(16(14)7-5-4-6-8-16)19(2)12-15(20)18-10-9-17/h13-14H,3-8,10-12H2,1-2H3,(H,18,20). The number of rotatable bonds is 6. The van der Waals surface area contributed by atoms with Crippen LogP contribution in [0.25, 0.3) is 0 Å². The highest BCUT2D eigenvalue weighted by Gasteiger charge is 2.56. The van der Waals surface area contributed by atoms with Gasteiger partial charge in [-0.3, -0.25) is 9.69 Å². The third-order valence-corrected chi connectivity index (χ3v) is 5.18. The topological polar surface area (TPSA) is 65.4 Å². The van der Waals surface area contributed by atoms with E-state index in [4.69, 9.17) is 10.00 Å². The molecule has 0 aromatic carbocycles. The summed E-state index contributed by atoms with van der Waals surface area (Å²) in [5.74, 6) is -0.0649. The van der Waals surface area contributed by atoms with Crippen molar-refractivity contribution in [2.45, 2.75) is 57.6 Å². The zero-order valence-corrected chi connectivity index (χ0v) is 13.2. The molecular weight excluding hydrogens is 266 g/mol. The van der Waals surface area contributed by atoms with Gasteiger partial charge in [-0.25, -0.2) is 0 Å². The van der Waals surface area contributed by atoms with Crippen molar-refractivity contribution >= 4 is 5.91 Å². The lowest BCUT2D eigenvalue weighted by Gasteiger charge is -2.60. The molecule has 5 heteroatoms. The van der Waals surface area contributed by atoms with E-state index in [1.165, 1.54) is 32.1 Å². The highest BCUT2D eigenvalue weighted by Crippen LogP contribution is 2.55. The molecule has 2 aliphatic carbocycles. The molecule has 2 rings (SSSR count). The van der Waals surface area contributed by atoms with Gasteiger partial charge in [0.15, 0.2) is 0 Å². The Morgan fingerprint density at radius 1 is 1.43 bits per heavy atom. The minimum Gasteiger partial charge on any atom is -0.378 e. The number of nitrogens with zero attached hydrogens (tertiary/aromatic N) is 2. The Labute approximate surface area is 127 Å². The fourth-order valence-electron chi connectivity index (χ4n) is 4.18. The first kappa shape index (κ1) is 16.3. The SMILES string of the molecule is CCOC1CC(N(C)CC(=O)NCC#N)C12CCCCC2. The van der Waals surface area contributed by atoms with Gasteiger partial charge >= 0.3 is 0 Å². The summed E-state index contributed by atoms with van der Waals surface area (Å²) in [6.07, 6.45) is 7.68.